The molecule has 0 bridgehead atoms. The molecule has 2 rings (SSSR count). The molecule has 1 fully saturated rings. The molecule has 1 N–H and O–H groups in total. The van der Waals surface area contributed by atoms with E-state index in [1.165, 1.54) is 19.3 Å². The van der Waals surface area contributed by atoms with Crippen LogP contribution in [0.15, 0.2) is 0 Å². The second-order valence-electron chi connectivity index (χ2n) is 6.04. The molecule has 3 unspecified atom stereocenters. The lowest BCUT2D eigenvalue weighted by molar-refractivity contribution is 0.226. The number of aryl methyl sites for hydroxylation is 2. The lowest BCUT2D eigenvalue weighted by Crippen LogP contribution is -2.39. The molecule has 19 heavy (non-hydrogen) atoms. The van der Waals surface area contributed by atoms with E-state index < -0.39 is 0 Å². The Morgan fingerprint density at radius 2 is 2.11 bits per heavy atom. The smallest absolute Gasteiger partial charge is 0.0860 e. The molecular formula is C15H26ClN3. The number of hydrogen-bond acceptors (Lipinski definition) is 2. The number of aromatic nitrogens is 2. The second-order valence-corrected chi connectivity index (χ2v) is 6.42. The van der Waals surface area contributed by atoms with E-state index in [2.05, 4.69) is 31.2 Å². The molecule has 0 amide bonds. The molecule has 3 nitrogen and oxygen atoms in total. The van der Waals surface area contributed by atoms with Gasteiger partial charge in [-0.05, 0) is 44.9 Å². The summed E-state index contributed by atoms with van der Waals surface area (Å²) in [5, 5.41) is 8.99. The van der Waals surface area contributed by atoms with Crippen LogP contribution in [0.4, 0.5) is 0 Å². The number of hydrogen-bond donors (Lipinski definition) is 1. The Bertz CT molecular complexity index is 427. The van der Waals surface area contributed by atoms with Crippen LogP contribution in [0.5, 0.6) is 0 Å². The van der Waals surface area contributed by atoms with Gasteiger partial charge >= 0.3 is 0 Å². The van der Waals surface area contributed by atoms with Crippen LogP contribution in [0.25, 0.3) is 0 Å². The minimum atomic E-state index is 0.618. The molecule has 4 heteroatoms. The summed E-state index contributed by atoms with van der Waals surface area (Å²) < 4.78 is 2.01. The SMILES string of the molecule is CCn1nc(C)c(Cl)c1CNC1CCC(C)CC1C. The van der Waals surface area contributed by atoms with Crippen molar-refractivity contribution in [3.05, 3.63) is 16.4 Å². The zero-order chi connectivity index (χ0) is 14.0. The second kappa shape index (κ2) is 6.27. The van der Waals surface area contributed by atoms with Gasteiger partial charge in [0.1, 0.15) is 0 Å². The van der Waals surface area contributed by atoms with E-state index in [9.17, 15) is 0 Å². The minimum absolute atomic E-state index is 0.618. The van der Waals surface area contributed by atoms with E-state index in [0.717, 1.165) is 41.3 Å². The summed E-state index contributed by atoms with van der Waals surface area (Å²) in [5.74, 6) is 1.63. The van der Waals surface area contributed by atoms with Gasteiger partial charge in [-0.1, -0.05) is 25.4 Å². The molecular weight excluding hydrogens is 258 g/mol. The summed E-state index contributed by atoms with van der Waals surface area (Å²) in [6, 6.07) is 0.618. The largest absolute Gasteiger partial charge is 0.308 e. The molecule has 0 spiro atoms. The van der Waals surface area contributed by atoms with E-state index in [4.69, 9.17) is 11.6 Å². The third kappa shape index (κ3) is 3.32. The molecule has 3 atom stereocenters. The molecule has 0 saturated heterocycles. The fourth-order valence-electron chi connectivity index (χ4n) is 3.23. The van der Waals surface area contributed by atoms with Crippen LogP contribution < -0.4 is 5.32 Å². The Kier molecular flexibility index (Phi) is 4.91. The van der Waals surface area contributed by atoms with Crippen molar-refractivity contribution in [2.45, 2.75) is 66.1 Å². The third-order valence-electron chi connectivity index (χ3n) is 4.42. The van der Waals surface area contributed by atoms with Gasteiger partial charge in [0.2, 0.25) is 0 Å². The molecule has 1 aromatic rings. The lowest BCUT2D eigenvalue weighted by atomic mass is 9.80. The van der Waals surface area contributed by atoms with Crippen molar-refractivity contribution in [3.8, 4) is 0 Å². The fourth-order valence-corrected chi connectivity index (χ4v) is 3.44. The Labute approximate surface area is 121 Å². The van der Waals surface area contributed by atoms with Gasteiger partial charge in [-0.3, -0.25) is 4.68 Å². The predicted molar refractivity (Wildman–Crippen MR) is 80.5 cm³/mol. The Hall–Kier alpha value is -0.540. The first-order valence-electron chi connectivity index (χ1n) is 7.48. The highest BCUT2D eigenvalue weighted by Gasteiger charge is 2.25. The van der Waals surface area contributed by atoms with Crippen LogP contribution >= 0.6 is 11.6 Å². The van der Waals surface area contributed by atoms with Gasteiger partial charge in [0.15, 0.2) is 0 Å². The Balaban J connectivity index is 1.99. The fraction of sp³-hybridized carbons (Fsp3) is 0.800. The summed E-state index contributed by atoms with van der Waals surface area (Å²) in [6.45, 7) is 10.5. The number of nitrogens with zero attached hydrogens (tertiary/aromatic N) is 2. The highest BCUT2D eigenvalue weighted by Crippen LogP contribution is 2.29. The summed E-state index contributed by atoms with van der Waals surface area (Å²) >= 11 is 6.35. The Morgan fingerprint density at radius 3 is 2.74 bits per heavy atom. The van der Waals surface area contributed by atoms with Crippen molar-refractivity contribution in [2.24, 2.45) is 11.8 Å². The van der Waals surface area contributed by atoms with Crippen molar-refractivity contribution in [1.29, 1.82) is 0 Å². The molecule has 108 valence electrons. The van der Waals surface area contributed by atoms with Crippen molar-refractivity contribution < 1.29 is 0 Å². The van der Waals surface area contributed by atoms with Gasteiger partial charge in [-0.25, -0.2) is 0 Å². The van der Waals surface area contributed by atoms with Gasteiger partial charge in [-0.15, -0.1) is 0 Å². The van der Waals surface area contributed by atoms with E-state index in [0.29, 0.717) is 6.04 Å². The van der Waals surface area contributed by atoms with Gasteiger partial charge in [-0.2, -0.15) is 5.10 Å². The topological polar surface area (TPSA) is 29.9 Å². The molecule has 1 aliphatic carbocycles. The summed E-state index contributed by atoms with van der Waals surface area (Å²) in [7, 11) is 0. The van der Waals surface area contributed by atoms with Crippen LogP contribution in [0.3, 0.4) is 0 Å². The van der Waals surface area contributed by atoms with Gasteiger partial charge in [0, 0.05) is 19.1 Å². The van der Waals surface area contributed by atoms with Crippen LogP contribution in [-0.2, 0) is 13.1 Å². The van der Waals surface area contributed by atoms with Crippen molar-refractivity contribution in [3.63, 3.8) is 0 Å². The first kappa shape index (κ1) is 14.9. The predicted octanol–water partition coefficient (Wildman–Crippen LogP) is 3.78. The van der Waals surface area contributed by atoms with Crippen molar-refractivity contribution in [1.82, 2.24) is 15.1 Å². The highest BCUT2D eigenvalue weighted by atomic mass is 35.5. The first-order chi connectivity index (χ1) is 9.02. The molecule has 0 aromatic carbocycles. The normalized spacial score (nSPS) is 27.7. The molecule has 1 heterocycles. The Morgan fingerprint density at radius 1 is 1.37 bits per heavy atom. The van der Waals surface area contributed by atoms with Crippen molar-refractivity contribution >= 4 is 11.6 Å². The van der Waals surface area contributed by atoms with E-state index in [-0.39, 0.29) is 0 Å². The maximum atomic E-state index is 6.35. The van der Waals surface area contributed by atoms with Gasteiger partial charge in [0.05, 0.1) is 16.4 Å². The minimum Gasteiger partial charge on any atom is -0.308 e. The van der Waals surface area contributed by atoms with Gasteiger partial charge in [0.25, 0.3) is 0 Å². The maximum absolute atomic E-state index is 6.35. The molecule has 1 saturated carbocycles. The van der Waals surface area contributed by atoms with Gasteiger partial charge < -0.3 is 5.32 Å². The monoisotopic (exact) mass is 283 g/mol. The van der Waals surface area contributed by atoms with E-state index in [1.54, 1.807) is 0 Å². The highest BCUT2D eigenvalue weighted by molar-refractivity contribution is 6.31. The third-order valence-corrected chi connectivity index (χ3v) is 4.91. The summed E-state index contributed by atoms with van der Waals surface area (Å²) in [6.07, 6.45) is 3.94. The molecule has 1 aliphatic rings. The lowest BCUT2D eigenvalue weighted by Gasteiger charge is -2.33. The zero-order valence-electron chi connectivity index (χ0n) is 12.5. The van der Waals surface area contributed by atoms with E-state index in [1.807, 2.05) is 11.6 Å². The maximum Gasteiger partial charge on any atom is 0.0860 e. The molecule has 0 aliphatic heterocycles. The van der Waals surface area contributed by atoms with Crippen LogP contribution in [0, 0.1) is 18.8 Å². The number of halogens is 1. The van der Waals surface area contributed by atoms with Crippen LogP contribution in [0.2, 0.25) is 5.02 Å². The zero-order valence-corrected chi connectivity index (χ0v) is 13.3. The summed E-state index contributed by atoms with van der Waals surface area (Å²) in [4.78, 5) is 0. The number of nitrogens with one attached hydrogen (secondary N) is 1. The standard InChI is InChI=1S/C15H26ClN3/c1-5-19-14(15(16)12(4)18-19)9-17-13-7-6-10(2)8-11(13)3/h10-11,13,17H,5-9H2,1-4H3. The van der Waals surface area contributed by atoms with E-state index >= 15 is 0 Å². The molecule has 1 aromatic heterocycles. The average Bonchev–Trinajstić information content (AvgIpc) is 2.65. The first-order valence-corrected chi connectivity index (χ1v) is 7.85. The van der Waals surface area contributed by atoms with Crippen LogP contribution in [-0.4, -0.2) is 15.8 Å². The molecule has 0 radical (unpaired) electrons. The summed E-state index contributed by atoms with van der Waals surface area (Å²) in [5.41, 5.74) is 2.07. The van der Waals surface area contributed by atoms with Crippen molar-refractivity contribution in [2.75, 3.05) is 0 Å². The average molecular weight is 284 g/mol. The quantitative estimate of drug-likeness (QED) is 0.911. The van der Waals surface area contributed by atoms with Crippen LogP contribution in [0.1, 0.15) is 51.4 Å². The number of rotatable bonds is 4.